The molecule has 1 heterocycles. The molecule has 206 valence electrons. The third-order valence-electron chi connectivity index (χ3n) is 9.70. The van der Waals surface area contributed by atoms with Gasteiger partial charge in [-0.3, -0.25) is 10.3 Å². The number of nitrogens with one attached hydrogen (secondary N) is 2. The Kier molecular flexibility index (Phi) is 7.32. The molecule has 0 saturated heterocycles. The molecular weight excluding hydrogens is 484 g/mol. The summed E-state index contributed by atoms with van der Waals surface area (Å²) < 4.78 is 0. The Bertz CT molecular complexity index is 1220. The van der Waals surface area contributed by atoms with Gasteiger partial charge < -0.3 is 11.1 Å². The Labute approximate surface area is 232 Å². The van der Waals surface area contributed by atoms with Crippen molar-refractivity contribution in [1.82, 2.24) is 5.01 Å². The average Bonchev–Trinajstić information content (AvgIpc) is 3.09. The Morgan fingerprint density at radius 3 is 2.23 bits per heavy atom. The van der Waals surface area contributed by atoms with E-state index in [9.17, 15) is 4.79 Å². The lowest BCUT2D eigenvalue weighted by atomic mass is 9.64. The maximum absolute atomic E-state index is 14.5. The normalized spacial score (nSPS) is 22.3. The highest BCUT2D eigenvalue weighted by atomic mass is 16.2. The highest BCUT2D eigenvalue weighted by Crippen LogP contribution is 2.49. The van der Waals surface area contributed by atoms with Gasteiger partial charge in [0.2, 0.25) is 0 Å². The van der Waals surface area contributed by atoms with Crippen molar-refractivity contribution in [2.75, 3.05) is 10.2 Å². The van der Waals surface area contributed by atoms with Crippen molar-refractivity contribution in [2.24, 2.45) is 22.2 Å². The van der Waals surface area contributed by atoms with Gasteiger partial charge in [-0.1, -0.05) is 56.7 Å². The zero-order valence-electron chi connectivity index (χ0n) is 23.0. The van der Waals surface area contributed by atoms with Crippen LogP contribution in [-0.4, -0.2) is 28.8 Å². The fraction of sp³-hybridized carbons (Fsp3) is 0.531. The van der Waals surface area contributed by atoms with E-state index in [0.717, 1.165) is 54.0 Å². The van der Waals surface area contributed by atoms with E-state index in [4.69, 9.17) is 16.2 Å². The number of guanidine groups is 1. The van der Waals surface area contributed by atoms with Gasteiger partial charge in [0, 0.05) is 17.2 Å². The van der Waals surface area contributed by atoms with E-state index in [1.807, 2.05) is 40.2 Å². The van der Waals surface area contributed by atoms with Crippen molar-refractivity contribution in [3.63, 3.8) is 0 Å². The van der Waals surface area contributed by atoms with Crippen LogP contribution in [0.2, 0.25) is 0 Å². The number of nitrogens with two attached hydrogens (primary N) is 1. The van der Waals surface area contributed by atoms with Gasteiger partial charge in [-0.2, -0.15) is 5.10 Å². The van der Waals surface area contributed by atoms with Gasteiger partial charge in [0.1, 0.15) is 0 Å². The largest absolute Gasteiger partial charge is 0.370 e. The molecule has 0 unspecified atom stereocenters. The zero-order chi connectivity index (χ0) is 26.8. The lowest BCUT2D eigenvalue weighted by Crippen LogP contribution is -2.46. The first-order chi connectivity index (χ1) is 19.0. The summed E-state index contributed by atoms with van der Waals surface area (Å²) in [6, 6.07) is 16.0. The molecule has 0 aromatic heterocycles. The molecule has 7 nitrogen and oxygen atoms in total. The maximum Gasteiger partial charge on any atom is 0.349 e. The second-order valence-electron chi connectivity index (χ2n) is 12.2. The summed E-state index contributed by atoms with van der Waals surface area (Å²) in [5.41, 5.74) is 10.6. The van der Waals surface area contributed by atoms with Crippen LogP contribution in [0.15, 0.2) is 53.6 Å². The Hall–Kier alpha value is -3.35. The molecule has 0 atom stereocenters. The van der Waals surface area contributed by atoms with Crippen LogP contribution >= 0.6 is 0 Å². The van der Waals surface area contributed by atoms with Crippen molar-refractivity contribution >= 4 is 34.8 Å². The minimum Gasteiger partial charge on any atom is -0.370 e. The van der Waals surface area contributed by atoms with E-state index in [0.29, 0.717) is 11.3 Å². The van der Waals surface area contributed by atoms with Crippen molar-refractivity contribution in [2.45, 2.75) is 95.9 Å². The standard InChI is InChI=1S/C32H42N6O/c33-30(34)35-24-13-15-25(16-14-24)37-28-12-6-5-11-27(28)29(23-9-3-1-4-10-23)36-38(31(37)39)26-17-21-32(22-18-26)19-7-2-8-20-32/h5-6,11-16,23,26H,1-4,7-10,17-22H2,(H4,33,34,35). The highest BCUT2D eigenvalue weighted by Gasteiger charge is 2.42. The SMILES string of the molecule is N=C(N)Nc1ccc(N2C(=O)N(C3CCC4(CCCCC4)CC3)N=C(C3CCCCC3)c3ccccc32)cc1. The Balaban J connectivity index is 1.38. The molecular formula is C32H42N6O. The van der Waals surface area contributed by atoms with Crippen LogP contribution in [0, 0.1) is 16.7 Å². The summed E-state index contributed by atoms with van der Waals surface area (Å²) in [6.07, 6.45) is 17.2. The van der Waals surface area contributed by atoms with E-state index < -0.39 is 0 Å². The predicted octanol–water partition coefficient (Wildman–Crippen LogP) is 7.74. The summed E-state index contributed by atoms with van der Waals surface area (Å²) in [7, 11) is 0. The second-order valence-corrected chi connectivity index (χ2v) is 12.2. The number of benzene rings is 2. The van der Waals surface area contributed by atoms with E-state index in [-0.39, 0.29) is 18.0 Å². The first kappa shape index (κ1) is 25.9. The Morgan fingerprint density at radius 1 is 0.872 bits per heavy atom. The van der Waals surface area contributed by atoms with Crippen LogP contribution in [-0.2, 0) is 0 Å². The summed E-state index contributed by atoms with van der Waals surface area (Å²) in [6.45, 7) is 0. The summed E-state index contributed by atoms with van der Waals surface area (Å²) in [4.78, 5) is 16.4. The predicted molar refractivity (Wildman–Crippen MR) is 159 cm³/mol. The summed E-state index contributed by atoms with van der Waals surface area (Å²) in [5, 5.41) is 17.6. The van der Waals surface area contributed by atoms with Crippen LogP contribution in [0.5, 0.6) is 0 Å². The van der Waals surface area contributed by atoms with Crippen LogP contribution < -0.4 is 16.0 Å². The molecule has 4 aliphatic rings. The van der Waals surface area contributed by atoms with Crippen molar-refractivity contribution in [3.05, 3.63) is 54.1 Å². The van der Waals surface area contributed by atoms with Gasteiger partial charge in [0.15, 0.2) is 5.96 Å². The van der Waals surface area contributed by atoms with Gasteiger partial charge >= 0.3 is 6.03 Å². The summed E-state index contributed by atoms with van der Waals surface area (Å²) in [5.74, 6) is 0.272. The molecule has 7 heteroatoms. The van der Waals surface area contributed by atoms with Crippen molar-refractivity contribution in [3.8, 4) is 0 Å². The smallest absolute Gasteiger partial charge is 0.349 e. The molecule has 3 saturated carbocycles. The molecule has 1 spiro atoms. The number of rotatable bonds is 4. The number of carbonyl (C=O) groups excluding carboxylic acids is 1. The molecule has 39 heavy (non-hydrogen) atoms. The lowest BCUT2D eigenvalue weighted by Gasteiger charge is -2.45. The number of hydrogen-bond acceptors (Lipinski definition) is 3. The van der Waals surface area contributed by atoms with Gasteiger partial charge in [-0.05, 0) is 87.1 Å². The number of urea groups is 1. The number of fused-ring (bicyclic) bond motifs is 1. The number of hydrazone groups is 1. The average molecular weight is 527 g/mol. The zero-order valence-corrected chi connectivity index (χ0v) is 23.0. The number of carbonyl (C=O) groups is 1. The first-order valence-corrected chi connectivity index (χ1v) is 15.1. The van der Waals surface area contributed by atoms with E-state index in [1.165, 1.54) is 64.2 Å². The third kappa shape index (κ3) is 5.28. The minimum atomic E-state index is -0.108. The van der Waals surface area contributed by atoms with Gasteiger partial charge in [0.25, 0.3) is 0 Å². The summed E-state index contributed by atoms with van der Waals surface area (Å²) >= 11 is 0. The van der Waals surface area contributed by atoms with Gasteiger partial charge in [-0.15, -0.1) is 0 Å². The van der Waals surface area contributed by atoms with Crippen molar-refractivity contribution in [1.29, 1.82) is 5.41 Å². The molecule has 0 bridgehead atoms. The maximum atomic E-state index is 14.5. The van der Waals surface area contributed by atoms with Crippen LogP contribution in [0.3, 0.4) is 0 Å². The van der Waals surface area contributed by atoms with Crippen LogP contribution in [0.4, 0.5) is 21.9 Å². The molecule has 4 N–H and O–H groups in total. The van der Waals surface area contributed by atoms with E-state index in [2.05, 4.69) is 23.5 Å². The fourth-order valence-corrected chi connectivity index (χ4v) is 7.58. The van der Waals surface area contributed by atoms with E-state index in [1.54, 1.807) is 0 Å². The molecule has 2 aromatic carbocycles. The first-order valence-electron chi connectivity index (χ1n) is 15.1. The molecule has 0 radical (unpaired) electrons. The van der Waals surface area contributed by atoms with Crippen molar-refractivity contribution < 1.29 is 4.79 Å². The van der Waals surface area contributed by atoms with Crippen LogP contribution in [0.1, 0.15) is 95.5 Å². The quantitative estimate of drug-likeness (QED) is 0.281. The number of amides is 2. The molecule has 3 fully saturated rings. The number of hydrogen-bond donors (Lipinski definition) is 3. The van der Waals surface area contributed by atoms with Gasteiger partial charge in [-0.25, -0.2) is 9.80 Å². The van der Waals surface area contributed by atoms with Crippen LogP contribution in [0.25, 0.3) is 0 Å². The molecule has 2 amide bonds. The highest BCUT2D eigenvalue weighted by molar-refractivity contribution is 6.14. The third-order valence-corrected chi connectivity index (χ3v) is 9.70. The number of nitrogens with zero attached hydrogens (tertiary/aromatic N) is 3. The number of para-hydroxylation sites is 1. The Morgan fingerprint density at radius 2 is 1.54 bits per heavy atom. The molecule has 3 aliphatic carbocycles. The number of anilines is 3. The minimum absolute atomic E-state index is 0.0647. The van der Waals surface area contributed by atoms with Gasteiger partial charge in [0.05, 0.1) is 23.1 Å². The molecule has 1 aliphatic heterocycles. The second kappa shape index (κ2) is 11.0. The monoisotopic (exact) mass is 526 g/mol. The molecule has 6 rings (SSSR count). The topological polar surface area (TPSA) is 97.8 Å². The molecule has 2 aromatic rings. The fourth-order valence-electron chi connectivity index (χ4n) is 7.58. The lowest BCUT2D eigenvalue weighted by molar-refractivity contribution is 0.0749. The van der Waals surface area contributed by atoms with E-state index >= 15 is 0 Å².